The van der Waals surface area contributed by atoms with Gasteiger partial charge in [-0.1, -0.05) is 32.0 Å². The molecule has 0 bridgehead atoms. The Balaban J connectivity index is 2.16. The zero-order valence-electron chi connectivity index (χ0n) is 17.2. The Bertz CT molecular complexity index is 830. The van der Waals surface area contributed by atoms with Crippen LogP contribution in [0.4, 0.5) is 13.2 Å². The summed E-state index contributed by atoms with van der Waals surface area (Å²) in [4.78, 5) is 4.43. The first-order valence-corrected chi connectivity index (χ1v) is 9.68. The van der Waals surface area contributed by atoms with Crippen LogP contribution in [-0.4, -0.2) is 28.6 Å². The highest BCUT2D eigenvalue weighted by atomic mass is 19.4. The van der Waals surface area contributed by atoms with E-state index in [-0.39, 0.29) is 12.3 Å². The molecule has 0 spiro atoms. The minimum atomic E-state index is -4.74. The number of benzene rings is 1. The van der Waals surface area contributed by atoms with E-state index in [0.29, 0.717) is 24.6 Å². The van der Waals surface area contributed by atoms with E-state index in [4.69, 9.17) is 0 Å². The number of ether oxygens (including phenoxy) is 1. The predicted octanol–water partition coefficient (Wildman–Crippen LogP) is 3.70. The Hall–Kier alpha value is -2.71. The third-order valence-corrected chi connectivity index (χ3v) is 4.41. The van der Waals surface area contributed by atoms with Gasteiger partial charge in [0.1, 0.15) is 5.75 Å². The summed E-state index contributed by atoms with van der Waals surface area (Å²) >= 11 is 0. The normalized spacial score (nSPS) is 12.2. The van der Waals surface area contributed by atoms with Crippen molar-refractivity contribution in [1.82, 2.24) is 20.4 Å². The van der Waals surface area contributed by atoms with Gasteiger partial charge in [-0.2, -0.15) is 5.10 Å². The molecule has 0 saturated heterocycles. The lowest BCUT2D eigenvalue weighted by atomic mass is 10.1. The van der Waals surface area contributed by atoms with E-state index in [0.717, 1.165) is 29.8 Å². The number of aryl methyl sites for hydroxylation is 2. The topological polar surface area (TPSA) is 63.5 Å². The molecule has 9 heteroatoms. The van der Waals surface area contributed by atoms with Gasteiger partial charge in [0, 0.05) is 37.0 Å². The highest BCUT2D eigenvalue weighted by Gasteiger charge is 2.31. The van der Waals surface area contributed by atoms with Gasteiger partial charge in [0.2, 0.25) is 0 Å². The predicted molar refractivity (Wildman–Crippen MR) is 107 cm³/mol. The highest BCUT2D eigenvalue weighted by Crippen LogP contribution is 2.26. The summed E-state index contributed by atoms with van der Waals surface area (Å²) in [5.41, 5.74) is 3.65. The van der Waals surface area contributed by atoms with Crippen molar-refractivity contribution in [3.8, 4) is 5.75 Å². The van der Waals surface area contributed by atoms with Crippen molar-refractivity contribution in [2.45, 2.75) is 53.1 Å². The van der Waals surface area contributed by atoms with E-state index in [1.165, 1.54) is 12.1 Å². The molecule has 160 valence electrons. The van der Waals surface area contributed by atoms with Crippen molar-refractivity contribution in [2.24, 2.45) is 12.0 Å². The molecule has 0 aliphatic rings. The molecule has 2 rings (SSSR count). The van der Waals surface area contributed by atoms with Gasteiger partial charge in [0.25, 0.3) is 0 Å². The summed E-state index contributed by atoms with van der Waals surface area (Å²) in [6.07, 6.45) is -3.06. The number of rotatable bonds is 8. The molecular formula is C20H28F3N5O. The van der Waals surface area contributed by atoms with Crippen LogP contribution < -0.4 is 15.4 Å². The molecule has 2 N–H and O–H groups in total. The van der Waals surface area contributed by atoms with Gasteiger partial charge in [0.15, 0.2) is 5.96 Å². The van der Waals surface area contributed by atoms with Gasteiger partial charge in [0.05, 0.1) is 12.2 Å². The monoisotopic (exact) mass is 411 g/mol. The maximum atomic E-state index is 12.6. The first-order valence-electron chi connectivity index (χ1n) is 9.68. The summed E-state index contributed by atoms with van der Waals surface area (Å²) in [7, 11) is 1.93. The van der Waals surface area contributed by atoms with Crippen LogP contribution in [0.1, 0.15) is 43.3 Å². The second-order valence-corrected chi connectivity index (χ2v) is 6.41. The standard InChI is InChI=1S/C20H28F3N5O/c1-5-16-15(17(6-2)28(4)27-16)13-26-19(24-7-3)25-12-14-10-8-9-11-18(14)29-20(21,22)23/h8-11H,5-7,12-13H2,1-4H3,(H2,24,25,26). The van der Waals surface area contributed by atoms with E-state index in [1.807, 2.05) is 18.7 Å². The van der Waals surface area contributed by atoms with Gasteiger partial charge in [-0.05, 0) is 25.8 Å². The van der Waals surface area contributed by atoms with Crippen molar-refractivity contribution >= 4 is 5.96 Å². The largest absolute Gasteiger partial charge is 0.573 e. The zero-order chi connectivity index (χ0) is 21.4. The number of aliphatic imine (C=N–C) groups is 1. The third-order valence-electron chi connectivity index (χ3n) is 4.41. The maximum absolute atomic E-state index is 12.6. The number of guanidine groups is 1. The van der Waals surface area contributed by atoms with Crippen molar-refractivity contribution in [3.63, 3.8) is 0 Å². The third kappa shape index (κ3) is 6.40. The Kier molecular flexibility index (Phi) is 7.92. The molecule has 1 heterocycles. The first-order chi connectivity index (χ1) is 13.8. The molecule has 0 amide bonds. The summed E-state index contributed by atoms with van der Waals surface area (Å²) in [5, 5.41) is 10.9. The fraction of sp³-hybridized carbons (Fsp3) is 0.500. The van der Waals surface area contributed by atoms with Gasteiger partial charge in [-0.3, -0.25) is 4.68 Å². The molecule has 2 aromatic rings. The van der Waals surface area contributed by atoms with Crippen LogP contribution in [0.15, 0.2) is 29.3 Å². The Morgan fingerprint density at radius 3 is 2.48 bits per heavy atom. The molecule has 0 fully saturated rings. The van der Waals surface area contributed by atoms with E-state index < -0.39 is 6.36 Å². The summed E-state index contributed by atoms with van der Waals surface area (Å²) in [6, 6.07) is 6.01. The molecule has 0 atom stereocenters. The van der Waals surface area contributed by atoms with E-state index in [2.05, 4.69) is 39.3 Å². The van der Waals surface area contributed by atoms with Crippen LogP contribution in [-0.2, 0) is 33.0 Å². The average molecular weight is 411 g/mol. The zero-order valence-corrected chi connectivity index (χ0v) is 17.2. The SMILES string of the molecule is CCNC(=NCc1ccccc1OC(F)(F)F)NCc1c(CC)nn(C)c1CC. The molecule has 0 unspecified atom stereocenters. The molecule has 29 heavy (non-hydrogen) atoms. The van der Waals surface area contributed by atoms with Gasteiger partial charge >= 0.3 is 6.36 Å². The Morgan fingerprint density at radius 2 is 1.86 bits per heavy atom. The molecule has 0 saturated carbocycles. The average Bonchev–Trinajstić information content (AvgIpc) is 2.98. The highest BCUT2D eigenvalue weighted by molar-refractivity contribution is 5.79. The van der Waals surface area contributed by atoms with Crippen LogP contribution in [0.2, 0.25) is 0 Å². The van der Waals surface area contributed by atoms with Crippen molar-refractivity contribution < 1.29 is 17.9 Å². The molecule has 1 aromatic heterocycles. The van der Waals surface area contributed by atoms with Gasteiger partial charge < -0.3 is 15.4 Å². The number of para-hydroxylation sites is 1. The number of nitrogens with zero attached hydrogens (tertiary/aromatic N) is 3. The summed E-state index contributed by atoms with van der Waals surface area (Å²) in [5.74, 6) is 0.274. The van der Waals surface area contributed by atoms with Crippen molar-refractivity contribution in [3.05, 3.63) is 46.8 Å². The fourth-order valence-corrected chi connectivity index (χ4v) is 3.13. The number of aromatic nitrogens is 2. The summed E-state index contributed by atoms with van der Waals surface area (Å²) < 4.78 is 43.8. The van der Waals surface area contributed by atoms with Crippen LogP contribution in [0.5, 0.6) is 5.75 Å². The molecule has 0 aliphatic heterocycles. The Morgan fingerprint density at radius 1 is 1.14 bits per heavy atom. The number of halogens is 3. The van der Waals surface area contributed by atoms with Gasteiger partial charge in [-0.15, -0.1) is 13.2 Å². The lowest BCUT2D eigenvalue weighted by molar-refractivity contribution is -0.274. The van der Waals surface area contributed by atoms with E-state index in [9.17, 15) is 13.2 Å². The summed E-state index contributed by atoms with van der Waals surface area (Å²) in [6.45, 7) is 7.28. The number of hydrogen-bond acceptors (Lipinski definition) is 3. The van der Waals surface area contributed by atoms with E-state index in [1.54, 1.807) is 12.1 Å². The molecular weight excluding hydrogens is 383 g/mol. The molecule has 6 nitrogen and oxygen atoms in total. The van der Waals surface area contributed by atoms with Crippen LogP contribution in [0.3, 0.4) is 0 Å². The molecule has 1 aromatic carbocycles. The van der Waals surface area contributed by atoms with Crippen LogP contribution >= 0.6 is 0 Å². The van der Waals surface area contributed by atoms with Crippen LogP contribution in [0, 0.1) is 0 Å². The van der Waals surface area contributed by atoms with Crippen molar-refractivity contribution in [1.29, 1.82) is 0 Å². The smallest absolute Gasteiger partial charge is 0.405 e. The minimum absolute atomic E-state index is 0.0515. The van der Waals surface area contributed by atoms with E-state index >= 15 is 0 Å². The minimum Gasteiger partial charge on any atom is -0.405 e. The molecule has 0 radical (unpaired) electrons. The van der Waals surface area contributed by atoms with Gasteiger partial charge in [-0.25, -0.2) is 4.99 Å². The lowest BCUT2D eigenvalue weighted by Gasteiger charge is -2.14. The number of alkyl halides is 3. The number of nitrogens with one attached hydrogen (secondary N) is 2. The van der Waals surface area contributed by atoms with Crippen LogP contribution in [0.25, 0.3) is 0 Å². The quantitative estimate of drug-likeness (QED) is 0.514. The lowest BCUT2D eigenvalue weighted by Crippen LogP contribution is -2.37. The second-order valence-electron chi connectivity index (χ2n) is 6.41. The maximum Gasteiger partial charge on any atom is 0.573 e. The van der Waals surface area contributed by atoms with Crippen molar-refractivity contribution in [2.75, 3.05) is 6.54 Å². The molecule has 0 aliphatic carbocycles. The Labute approximate surface area is 169 Å². The fourth-order valence-electron chi connectivity index (χ4n) is 3.13. The first kappa shape index (κ1) is 22.6. The number of hydrogen-bond donors (Lipinski definition) is 2. The second kappa shape index (κ2) is 10.2.